The second kappa shape index (κ2) is 7.16. The van der Waals surface area contributed by atoms with Crippen LogP contribution in [0.1, 0.15) is 66.8 Å². The molecule has 0 fully saturated rings. The molecule has 4 N–H and O–H groups in total. The van der Waals surface area contributed by atoms with Gasteiger partial charge >= 0.3 is 6.03 Å². The third-order valence-corrected chi connectivity index (χ3v) is 8.80. The first-order valence-corrected chi connectivity index (χ1v) is 12.2. The van der Waals surface area contributed by atoms with Gasteiger partial charge in [0.1, 0.15) is 14.8 Å². The quantitative estimate of drug-likeness (QED) is 0.680. The Bertz CT molecular complexity index is 1110. The molecule has 0 bridgehead atoms. The molecule has 2 aliphatic rings. The maximum absolute atomic E-state index is 12.9. The summed E-state index contributed by atoms with van der Waals surface area (Å²) in [5, 5.41) is 19.2. The van der Waals surface area contributed by atoms with Crippen molar-refractivity contribution in [1.29, 1.82) is 0 Å². The molecule has 4 rings (SSSR count). The molecule has 2 atom stereocenters. The van der Waals surface area contributed by atoms with Crippen molar-refractivity contribution in [3.8, 4) is 0 Å². The monoisotopic (exact) mass is 434 g/mol. The number of aryl methyl sites for hydroxylation is 2. The summed E-state index contributed by atoms with van der Waals surface area (Å²) in [5.74, 6) is 0.365. The molecular formula is C20H26N4O3S2. The molecule has 0 radical (unpaired) electrons. The van der Waals surface area contributed by atoms with Gasteiger partial charge in [-0.15, -0.1) is 15.7 Å². The van der Waals surface area contributed by atoms with Gasteiger partial charge in [-0.05, 0) is 74.1 Å². The molecule has 0 saturated carbocycles. The van der Waals surface area contributed by atoms with Crippen LogP contribution in [0.2, 0.25) is 0 Å². The van der Waals surface area contributed by atoms with E-state index in [1.807, 2.05) is 0 Å². The predicted molar refractivity (Wildman–Crippen MR) is 115 cm³/mol. The van der Waals surface area contributed by atoms with E-state index in [9.17, 15) is 14.1 Å². The Balaban J connectivity index is 1.67. The van der Waals surface area contributed by atoms with Crippen LogP contribution in [-0.4, -0.2) is 20.3 Å². The number of benzene rings is 1. The van der Waals surface area contributed by atoms with Gasteiger partial charge < -0.3 is 10.4 Å². The van der Waals surface area contributed by atoms with Gasteiger partial charge in [0.05, 0.1) is 6.20 Å². The van der Waals surface area contributed by atoms with E-state index in [0.717, 1.165) is 49.1 Å². The number of aliphatic hydroxyl groups is 1. The highest BCUT2D eigenvalue weighted by Crippen LogP contribution is 2.44. The number of hydrogen-bond acceptors (Lipinski definition) is 5. The predicted octanol–water partition coefficient (Wildman–Crippen LogP) is 3.84. The molecule has 1 unspecified atom stereocenters. The van der Waals surface area contributed by atoms with Crippen LogP contribution in [0.15, 0.2) is 20.8 Å². The van der Waals surface area contributed by atoms with E-state index < -0.39 is 21.5 Å². The van der Waals surface area contributed by atoms with Gasteiger partial charge in [-0.2, -0.15) is 0 Å². The minimum Gasteiger partial charge on any atom is -0.383 e. The molecule has 0 saturated heterocycles. The summed E-state index contributed by atoms with van der Waals surface area (Å²) >= 11 is 1.00. The highest BCUT2D eigenvalue weighted by Gasteiger charge is 2.29. The normalized spacial score (nSPS) is 20.1. The van der Waals surface area contributed by atoms with Crippen molar-refractivity contribution >= 4 is 33.0 Å². The summed E-state index contributed by atoms with van der Waals surface area (Å²) in [4.78, 5) is 16.8. The van der Waals surface area contributed by atoms with E-state index in [0.29, 0.717) is 10.9 Å². The van der Waals surface area contributed by atoms with Gasteiger partial charge in [-0.25, -0.2) is 19.1 Å². The topological polar surface area (TPSA) is 118 Å². The van der Waals surface area contributed by atoms with Crippen molar-refractivity contribution in [1.82, 2.24) is 4.98 Å². The highest BCUT2D eigenvalue weighted by atomic mass is 32.2. The van der Waals surface area contributed by atoms with Gasteiger partial charge in [0.15, 0.2) is 9.92 Å². The Kier molecular flexibility index (Phi) is 5.05. The van der Waals surface area contributed by atoms with Crippen LogP contribution in [0.4, 0.5) is 10.5 Å². The van der Waals surface area contributed by atoms with Gasteiger partial charge in [0.2, 0.25) is 0 Å². The van der Waals surface area contributed by atoms with Crippen LogP contribution in [0.5, 0.6) is 0 Å². The Morgan fingerprint density at radius 1 is 1.38 bits per heavy atom. The molecular weight excluding hydrogens is 408 g/mol. The Hall–Kier alpha value is -1.81. The summed E-state index contributed by atoms with van der Waals surface area (Å²) in [6.45, 7) is 5.33. The lowest BCUT2D eigenvalue weighted by molar-refractivity contribution is 0.0783. The molecule has 7 nitrogen and oxygen atoms in total. The molecule has 1 aromatic heterocycles. The number of amides is 2. The largest absolute Gasteiger partial charge is 0.383 e. The molecule has 156 valence electrons. The molecule has 0 aliphatic heterocycles. The number of carbonyl (C=O) groups excluding carboxylic acids is 1. The summed E-state index contributed by atoms with van der Waals surface area (Å²) in [7, 11) is -3.45. The molecule has 1 heterocycles. The van der Waals surface area contributed by atoms with Crippen LogP contribution >= 0.6 is 11.3 Å². The van der Waals surface area contributed by atoms with Crippen molar-refractivity contribution in [2.75, 3.05) is 5.32 Å². The minimum absolute atomic E-state index is 0.168. The van der Waals surface area contributed by atoms with Crippen molar-refractivity contribution in [3.63, 3.8) is 0 Å². The van der Waals surface area contributed by atoms with Crippen molar-refractivity contribution in [3.05, 3.63) is 39.5 Å². The minimum atomic E-state index is -3.45. The Morgan fingerprint density at radius 2 is 2.14 bits per heavy atom. The lowest BCUT2D eigenvalue weighted by Gasteiger charge is -2.17. The standard InChI is InChI=1S/C20H26N4O3S2/c1-11-7-8-13-9-12-5-4-6-14(12)17(16(11)13)23-19(25)24-29(21,27)15-10-22-18(28-15)20(2,3)26/h9-11,26H,4-8H2,1-3H3,(H3,21,23,24,25,27)/t11?,29-/m0/s1. The fourth-order valence-corrected chi connectivity index (χ4v) is 6.29. The van der Waals surface area contributed by atoms with Crippen LogP contribution in [-0.2, 0) is 34.8 Å². The summed E-state index contributed by atoms with van der Waals surface area (Å²) in [6.07, 6.45) is 6.40. The molecule has 9 heteroatoms. The van der Waals surface area contributed by atoms with Gasteiger partial charge in [-0.1, -0.05) is 13.0 Å². The zero-order valence-electron chi connectivity index (χ0n) is 16.8. The maximum atomic E-state index is 12.9. The number of hydrogen-bond donors (Lipinski definition) is 3. The number of carbonyl (C=O) groups is 1. The zero-order valence-corrected chi connectivity index (χ0v) is 18.5. The lowest BCUT2D eigenvalue weighted by atomic mass is 9.95. The number of anilines is 1. The fourth-order valence-electron chi connectivity index (χ4n) is 4.23. The molecule has 0 spiro atoms. The smallest absolute Gasteiger partial charge is 0.354 e. The van der Waals surface area contributed by atoms with Crippen LogP contribution < -0.4 is 10.5 Å². The molecule has 1 aromatic carbocycles. The summed E-state index contributed by atoms with van der Waals surface area (Å²) < 4.78 is 16.9. The Labute approximate surface area is 175 Å². The van der Waals surface area contributed by atoms with E-state index in [1.54, 1.807) is 13.8 Å². The number of rotatable bonds is 3. The average Bonchev–Trinajstić information content (AvgIpc) is 3.33. The van der Waals surface area contributed by atoms with Crippen LogP contribution in [0.25, 0.3) is 0 Å². The maximum Gasteiger partial charge on any atom is 0.354 e. The van der Waals surface area contributed by atoms with Gasteiger partial charge in [-0.3, -0.25) is 0 Å². The van der Waals surface area contributed by atoms with E-state index in [2.05, 4.69) is 27.7 Å². The fraction of sp³-hybridized carbons (Fsp3) is 0.500. The average molecular weight is 435 g/mol. The number of aromatic nitrogens is 1. The first-order valence-electron chi connectivity index (χ1n) is 9.78. The number of fused-ring (bicyclic) bond motifs is 2. The molecule has 2 aliphatic carbocycles. The third-order valence-electron chi connectivity index (χ3n) is 5.61. The zero-order chi connectivity index (χ0) is 21.0. The molecule has 2 amide bonds. The number of nitrogens with zero attached hydrogens (tertiary/aromatic N) is 2. The van der Waals surface area contributed by atoms with Crippen LogP contribution in [0.3, 0.4) is 0 Å². The number of nitrogens with two attached hydrogens (primary N) is 1. The summed E-state index contributed by atoms with van der Waals surface area (Å²) in [6, 6.07) is 1.58. The Morgan fingerprint density at radius 3 is 2.83 bits per heavy atom. The van der Waals surface area contributed by atoms with E-state index in [4.69, 9.17) is 5.14 Å². The number of thiazole rings is 1. The van der Waals surface area contributed by atoms with E-state index in [-0.39, 0.29) is 4.21 Å². The molecule has 2 aromatic rings. The van der Waals surface area contributed by atoms with Crippen LogP contribution in [0, 0.1) is 0 Å². The van der Waals surface area contributed by atoms with Crippen molar-refractivity contribution < 1.29 is 14.1 Å². The lowest BCUT2D eigenvalue weighted by Crippen LogP contribution is -2.18. The van der Waals surface area contributed by atoms with Gasteiger partial charge in [0, 0.05) is 5.69 Å². The number of nitrogens with one attached hydrogen (secondary N) is 1. The first-order chi connectivity index (χ1) is 13.6. The highest BCUT2D eigenvalue weighted by molar-refractivity contribution is 7.93. The van der Waals surface area contributed by atoms with Gasteiger partial charge in [0.25, 0.3) is 0 Å². The molecule has 29 heavy (non-hydrogen) atoms. The van der Waals surface area contributed by atoms with Crippen molar-refractivity contribution in [2.45, 2.75) is 68.6 Å². The third kappa shape index (κ3) is 3.84. The van der Waals surface area contributed by atoms with E-state index >= 15 is 0 Å². The van der Waals surface area contributed by atoms with Crippen molar-refractivity contribution in [2.24, 2.45) is 9.50 Å². The number of urea groups is 1. The summed E-state index contributed by atoms with van der Waals surface area (Å²) in [5.41, 5.74) is 4.59. The second-order valence-corrected chi connectivity index (χ2v) is 11.4. The SMILES string of the molecule is CC1CCc2cc3c(c(NC(=O)N=[S@](N)(=O)c4cnc(C(C)(C)O)s4)c21)CCC3. The first kappa shape index (κ1) is 20.5. The van der Waals surface area contributed by atoms with E-state index in [1.165, 1.54) is 28.5 Å². The second-order valence-electron chi connectivity index (χ2n) is 8.39.